The van der Waals surface area contributed by atoms with Gasteiger partial charge in [-0.1, -0.05) is 35.5 Å². The van der Waals surface area contributed by atoms with E-state index in [4.69, 9.17) is 4.84 Å². The lowest BCUT2D eigenvalue weighted by molar-refractivity contribution is -0.120. The third-order valence-electron chi connectivity index (χ3n) is 3.78. The molecule has 142 valence electrons. The van der Waals surface area contributed by atoms with Crippen molar-refractivity contribution in [3.8, 4) is 11.4 Å². The third kappa shape index (κ3) is 4.23. The number of tetrazole rings is 1. The molecule has 0 unspecified atom stereocenters. The molecule has 3 aromatic rings. The van der Waals surface area contributed by atoms with Crippen molar-refractivity contribution in [2.45, 2.75) is 13.5 Å². The molecule has 0 aliphatic heterocycles. The van der Waals surface area contributed by atoms with E-state index in [1.54, 1.807) is 36.1 Å². The summed E-state index contributed by atoms with van der Waals surface area (Å²) in [4.78, 5) is 32.9. The van der Waals surface area contributed by atoms with Crippen molar-refractivity contribution in [3.63, 3.8) is 0 Å². The van der Waals surface area contributed by atoms with Crippen molar-refractivity contribution in [1.82, 2.24) is 25.2 Å². The van der Waals surface area contributed by atoms with Crippen LogP contribution in [0.5, 0.6) is 0 Å². The van der Waals surface area contributed by atoms with Gasteiger partial charge >= 0.3 is 0 Å². The van der Waals surface area contributed by atoms with Crippen LogP contribution in [0.4, 0.5) is 5.82 Å². The normalized spacial score (nSPS) is 10.8. The maximum Gasteiger partial charge on any atom is 0.231 e. The number of amides is 2. The van der Waals surface area contributed by atoms with Crippen molar-refractivity contribution in [3.05, 3.63) is 53.7 Å². The predicted molar refractivity (Wildman–Crippen MR) is 100 cm³/mol. The lowest BCUT2D eigenvalue weighted by Gasteiger charge is -2.12. The highest BCUT2D eigenvalue weighted by Crippen LogP contribution is 2.19. The van der Waals surface area contributed by atoms with E-state index in [0.29, 0.717) is 17.9 Å². The monoisotopic (exact) mass is 379 g/mol. The van der Waals surface area contributed by atoms with Crippen molar-refractivity contribution < 1.29 is 14.4 Å². The summed E-state index contributed by atoms with van der Waals surface area (Å²) in [7, 11) is 1.75. The van der Waals surface area contributed by atoms with Crippen LogP contribution in [0.25, 0.3) is 11.4 Å². The van der Waals surface area contributed by atoms with Crippen LogP contribution in [0.3, 0.4) is 0 Å². The van der Waals surface area contributed by atoms with Crippen LogP contribution in [0, 0.1) is 0 Å². The minimum atomic E-state index is -0.423. The summed E-state index contributed by atoms with van der Waals surface area (Å²) in [6, 6.07) is 12.5. The van der Waals surface area contributed by atoms with Crippen LogP contribution in [-0.2, 0) is 28.1 Å². The number of hydrogen-bond acceptors (Lipinski definition) is 8. The molecule has 2 heterocycles. The van der Waals surface area contributed by atoms with E-state index in [1.807, 2.05) is 24.3 Å². The van der Waals surface area contributed by atoms with Crippen molar-refractivity contribution in [2.24, 2.45) is 12.2 Å². The number of anilines is 1. The van der Waals surface area contributed by atoms with Gasteiger partial charge in [0.2, 0.25) is 12.3 Å². The highest BCUT2D eigenvalue weighted by molar-refractivity contribution is 6.04. The average molecular weight is 379 g/mol. The van der Waals surface area contributed by atoms with Gasteiger partial charge in [0, 0.05) is 25.1 Å². The summed E-state index contributed by atoms with van der Waals surface area (Å²) in [6.45, 7) is 1.36. The minimum Gasteiger partial charge on any atom is -0.389 e. The van der Waals surface area contributed by atoms with E-state index in [1.165, 1.54) is 6.92 Å². The Balaban J connectivity index is 1.70. The van der Waals surface area contributed by atoms with Crippen LogP contribution in [0.2, 0.25) is 0 Å². The summed E-state index contributed by atoms with van der Waals surface area (Å²) in [6.07, 6.45) is 1.98. The molecule has 0 aliphatic carbocycles. The highest BCUT2D eigenvalue weighted by atomic mass is 16.6. The number of imide groups is 1. The van der Waals surface area contributed by atoms with Gasteiger partial charge in [0.05, 0.1) is 11.9 Å². The standard InChI is InChI=1S/C18H17N7O3/c1-13(27)25(12-26)17-9-5-7-15(20-17)11-28-19-10-14-6-3-4-8-16(14)18-21-22-23-24(18)2/h3-10,12H,11H2,1-2H3/b19-10-. The van der Waals surface area contributed by atoms with E-state index in [-0.39, 0.29) is 12.4 Å². The second-order valence-electron chi connectivity index (χ2n) is 5.70. The number of aromatic nitrogens is 5. The molecule has 3 rings (SSSR count). The van der Waals surface area contributed by atoms with Gasteiger partial charge < -0.3 is 4.84 Å². The minimum absolute atomic E-state index is 0.0720. The van der Waals surface area contributed by atoms with Gasteiger partial charge in [-0.15, -0.1) is 5.10 Å². The fourth-order valence-electron chi connectivity index (χ4n) is 2.44. The van der Waals surface area contributed by atoms with Gasteiger partial charge in [-0.05, 0) is 22.6 Å². The van der Waals surface area contributed by atoms with Gasteiger partial charge in [0.25, 0.3) is 0 Å². The Morgan fingerprint density at radius 3 is 2.79 bits per heavy atom. The Morgan fingerprint density at radius 2 is 2.07 bits per heavy atom. The quantitative estimate of drug-likeness (QED) is 0.345. The Labute approximate surface area is 160 Å². The second kappa shape index (κ2) is 8.62. The number of hydrogen-bond donors (Lipinski definition) is 0. The topological polar surface area (TPSA) is 115 Å². The van der Waals surface area contributed by atoms with Gasteiger partial charge in [0.1, 0.15) is 5.82 Å². The molecule has 0 radical (unpaired) electrons. The first-order chi connectivity index (χ1) is 13.6. The molecule has 10 heteroatoms. The lowest BCUT2D eigenvalue weighted by Crippen LogP contribution is -2.27. The molecule has 10 nitrogen and oxygen atoms in total. The molecule has 28 heavy (non-hydrogen) atoms. The average Bonchev–Trinajstić information content (AvgIpc) is 3.12. The van der Waals surface area contributed by atoms with Gasteiger partial charge in [0.15, 0.2) is 12.4 Å². The van der Waals surface area contributed by atoms with Crippen LogP contribution in [0.1, 0.15) is 18.2 Å². The Bertz CT molecular complexity index is 1020. The smallest absolute Gasteiger partial charge is 0.231 e. The molecule has 0 bridgehead atoms. The van der Waals surface area contributed by atoms with E-state index in [9.17, 15) is 9.59 Å². The largest absolute Gasteiger partial charge is 0.389 e. The van der Waals surface area contributed by atoms with Crippen molar-refractivity contribution >= 4 is 24.3 Å². The molecule has 0 spiro atoms. The van der Waals surface area contributed by atoms with E-state index < -0.39 is 5.91 Å². The molecule has 0 N–H and O–H groups in total. The molecule has 0 fully saturated rings. The van der Waals surface area contributed by atoms with Gasteiger partial charge in [-0.2, -0.15) is 0 Å². The first-order valence-electron chi connectivity index (χ1n) is 8.28. The number of oxime groups is 1. The summed E-state index contributed by atoms with van der Waals surface area (Å²) < 4.78 is 1.57. The first-order valence-corrected chi connectivity index (χ1v) is 8.28. The maximum atomic E-state index is 11.4. The summed E-state index contributed by atoms with van der Waals surface area (Å²) in [5.74, 6) is 0.413. The van der Waals surface area contributed by atoms with Crippen LogP contribution in [0.15, 0.2) is 47.6 Å². The molecule has 2 aromatic heterocycles. The number of nitrogens with zero attached hydrogens (tertiary/aromatic N) is 7. The Kier molecular flexibility index (Phi) is 5.80. The number of benzene rings is 1. The van der Waals surface area contributed by atoms with Crippen molar-refractivity contribution in [2.75, 3.05) is 4.90 Å². The summed E-state index contributed by atoms with van der Waals surface area (Å²) >= 11 is 0. The Hall–Kier alpha value is -3.95. The first kappa shape index (κ1) is 18.8. The number of carbonyl (C=O) groups excluding carboxylic acids is 2. The molecule has 1 aromatic carbocycles. The molecular weight excluding hydrogens is 362 g/mol. The SMILES string of the molecule is CC(=O)N(C=O)c1cccc(CO/N=C\c2ccccc2-c2nnnn2C)n1. The van der Waals surface area contributed by atoms with E-state index in [0.717, 1.165) is 16.0 Å². The fourth-order valence-corrected chi connectivity index (χ4v) is 2.44. The molecule has 0 aliphatic rings. The van der Waals surface area contributed by atoms with Gasteiger partial charge in [-0.3, -0.25) is 9.59 Å². The van der Waals surface area contributed by atoms with E-state index in [2.05, 4.69) is 25.7 Å². The summed E-state index contributed by atoms with van der Waals surface area (Å²) in [5.41, 5.74) is 2.12. The summed E-state index contributed by atoms with van der Waals surface area (Å²) in [5, 5.41) is 15.4. The molecule has 0 atom stereocenters. The van der Waals surface area contributed by atoms with Crippen LogP contribution < -0.4 is 4.90 Å². The number of aryl methyl sites for hydroxylation is 1. The number of rotatable bonds is 7. The fraction of sp³-hybridized carbons (Fsp3) is 0.167. The third-order valence-corrected chi connectivity index (χ3v) is 3.78. The Morgan fingerprint density at radius 1 is 1.25 bits per heavy atom. The molecule has 0 saturated heterocycles. The molecular formula is C18H17N7O3. The van der Waals surface area contributed by atoms with Crippen LogP contribution >= 0.6 is 0 Å². The second-order valence-corrected chi connectivity index (χ2v) is 5.70. The highest BCUT2D eigenvalue weighted by Gasteiger charge is 2.12. The number of carbonyl (C=O) groups is 2. The number of pyridine rings is 1. The predicted octanol–water partition coefficient (Wildman–Crippen LogP) is 1.33. The van der Waals surface area contributed by atoms with E-state index >= 15 is 0 Å². The maximum absolute atomic E-state index is 11.4. The zero-order chi connectivity index (χ0) is 19.9. The van der Waals surface area contributed by atoms with Crippen molar-refractivity contribution in [1.29, 1.82) is 0 Å². The molecule has 2 amide bonds. The lowest BCUT2D eigenvalue weighted by atomic mass is 10.1. The van der Waals surface area contributed by atoms with Gasteiger partial charge in [-0.25, -0.2) is 14.6 Å². The van der Waals surface area contributed by atoms with Crippen LogP contribution in [-0.4, -0.2) is 43.7 Å². The zero-order valence-corrected chi connectivity index (χ0v) is 15.3. The molecule has 0 saturated carbocycles. The zero-order valence-electron chi connectivity index (χ0n) is 15.3.